The zero-order valence-corrected chi connectivity index (χ0v) is 35.9. The van der Waals surface area contributed by atoms with Crippen LogP contribution in [0.25, 0.3) is 57.5 Å². The molecule has 2 aliphatic rings. The van der Waals surface area contributed by atoms with Crippen molar-refractivity contribution in [1.82, 2.24) is 19.9 Å². The van der Waals surface area contributed by atoms with Gasteiger partial charge >= 0.3 is 0 Å². The van der Waals surface area contributed by atoms with E-state index < -0.39 is 0 Å². The fourth-order valence-corrected chi connectivity index (χ4v) is 7.65. The summed E-state index contributed by atoms with van der Waals surface area (Å²) in [5.41, 5.74) is 11.2. The standard InChI is InChI=1S/C49H68N6O2/c1-8-9-10-11-12-13-14-15-16-19-44-45-24-20-38(50-45)34-40-22-26-47(52-40)49(48-27-23-41(53-48)35-39-21-25-46(44)51-39)37-32-42(56-30-17-28-54(2,3)4)36-43(33-37)57-31-18-29-55(5,6)7/h20-27,32-36,50,53H,8-19,28-31H2,1-7H3/q+2. The number of hydrogen-bond donors (Lipinski definition) is 2. The van der Waals surface area contributed by atoms with E-state index in [9.17, 15) is 0 Å². The maximum Gasteiger partial charge on any atom is 0.123 e. The van der Waals surface area contributed by atoms with Crippen molar-refractivity contribution in [2.75, 3.05) is 68.6 Å². The lowest BCUT2D eigenvalue weighted by molar-refractivity contribution is -0.870. The molecule has 4 aromatic rings. The molecule has 8 nitrogen and oxygen atoms in total. The van der Waals surface area contributed by atoms with Gasteiger partial charge in [0.05, 0.1) is 91.4 Å². The number of fused-ring (bicyclic) bond motifs is 8. The number of benzene rings is 1. The second-order valence-electron chi connectivity index (χ2n) is 18.0. The van der Waals surface area contributed by atoms with Crippen molar-refractivity contribution in [3.63, 3.8) is 0 Å². The number of aromatic nitrogens is 4. The molecule has 8 heteroatoms. The van der Waals surface area contributed by atoms with E-state index in [0.29, 0.717) is 13.2 Å². The minimum absolute atomic E-state index is 0.635. The number of nitrogens with zero attached hydrogens (tertiary/aromatic N) is 4. The Morgan fingerprint density at radius 2 is 1.04 bits per heavy atom. The molecule has 0 aliphatic carbocycles. The van der Waals surface area contributed by atoms with Crippen molar-refractivity contribution in [3.05, 3.63) is 82.9 Å². The maximum absolute atomic E-state index is 6.44. The van der Waals surface area contributed by atoms with Crippen LogP contribution in [0.15, 0.2) is 54.6 Å². The first kappa shape index (κ1) is 42.0. The van der Waals surface area contributed by atoms with Gasteiger partial charge in [-0.15, -0.1) is 0 Å². The lowest BCUT2D eigenvalue weighted by atomic mass is 10.0. The predicted molar refractivity (Wildman–Crippen MR) is 241 cm³/mol. The Hall–Kier alpha value is -4.66. The van der Waals surface area contributed by atoms with E-state index >= 15 is 0 Å². The molecule has 3 aromatic heterocycles. The highest BCUT2D eigenvalue weighted by molar-refractivity contribution is 5.91. The molecule has 0 saturated heterocycles. The second-order valence-corrected chi connectivity index (χ2v) is 18.0. The number of aromatic amines is 2. The first-order valence-corrected chi connectivity index (χ1v) is 21.5. The highest BCUT2D eigenvalue weighted by atomic mass is 16.5. The quantitative estimate of drug-likeness (QED) is 0.0564. The first-order valence-electron chi connectivity index (χ1n) is 21.5. The van der Waals surface area contributed by atoms with E-state index in [1.54, 1.807) is 0 Å². The highest BCUT2D eigenvalue weighted by Gasteiger charge is 2.16. The summed E-state index contributed by atoms with van der Waals surface area (Å²) >= 11 is 0. The Balaban J connectivity index is 1.36. The molecule has 2 aliphatic heterocycles. The summed E-state index contributed by atoms with van der Waals surface area (Å²) in [5, 5.41) is 0. The van der Waals surface area contributed by atoms with Crippen LogP contribution in [-0.4, -0.2) is 97.5 Å². The summed E-state index contributed by atoms with van der Waals surface area (Å²) in [6.07, 6.45) is 23.3. The summed E-state index contributed by atoms with van der Waals surface area (Å²) in [6, 6.07) is 19.2. The lowest BCUT2D eigenvalue weighted by Crippen LogP contribution is -2.36. The number of rotatable bonds is 21. The summed E-state index contributed by atoms with van der Waals surface area (Å²) < 4.78 is 14.7. The molecule has 8 bridgehead atoms. The van der Waals surface area contributed by atoms with Gasteiger partial charge in [-0.2, -0.15) is 0 Å². The van der Waals surface area contributed by atoms with Crippen molar-refractivity contribution >= 4 is 46.4 Å². The van der Waals surface area contributed by atoms with Crippen molar-refractivity contribution in [2.24, 2.45) is 0 Å². The molecule has 6 rings (SSSR count). The second kappa shape index (κ2) is 19.7. The predicted octanol–water partition coefficient (Wildman–Crippen LogP) is 11.3. The molecule has 0 unspecified atom stereocenters. The van der Waals surface area contributed by atoms with Gasteiger partial charge in [0.2, 0.25) is 0 Å². The molecule has 1 aromatic carbocycles. The van der Waals surface area contributed by atoms with Gasteiger partial charge in [0.25, 0.3) is 0 Å². The number of nitrogens with one attached hydrogen (secondary N) is 2. The van der Waals surface area contributed by atoms with E-state index in [2.05, 4.69) is 132 Å². The van der Waals surface area contributed by atoms with Gasteiger partial charge < -0.3 is 28.4 Å². The monoisotopic (exact) mass is 773 g/mol. The van der Waals surface area contributed by atoms with Crippen molar-refractivity contribution in [3.8, 4) is 22.6 Å². The van der Waals surface area contributed by atoms with Gasteiger partial charge in [0.1, 0.15) is 11.5 Å². The summed E-state index contributed by atoms with van der Waals surface area (Å²) in [4.78, 5) is 17.8. The summed E-state index contributed by atoms with van der Waals surface area (Å²) in [6.45, 7) is 5.62. The van der Waals surface area contributed by atoms with Crippen LogP contribution in [0.1, 0.15) is 106 Å². The van der Waals surface area contributed by atoms with E-state index in [4.69, 9.17) is 19.4 Å². The molecule has 304 valence electrons. The van der Waals surface area contributed by atoms with Gasteiger partial charge in [0.15, 0.2) is 0 Å². The van der Waals surface area contributed by atoms with Crippen LogP contribution < -0.4 is 9.47 Å². The van der Waals surface area contributed by atoms with Gasteiger partial charge in [-0.25, -0.2) is 9.97 Å². The highest BCUT2D eigenvalue weighted by Crippen LogP contribution is 2.36. The Morgan fingerprint density at radius 3 is 1.61 bits per heavy atom. The normalized spacial score (nSPS) is 12.8. The van der Waals surface area contributed by atoms with Gasteiger partial charge in [0, 0.05) is 52.1 Å². The molecule has 57 heavy (non-hydrogen) atoms. The van der Waals surface area contributed by atoms with Crippen LogP contribution in [0.2, 0.25) is 0 Å². The topological polar surface area (TPSA) is 75.8 Å². The van der Waals surface area contributed by atoms with Crippen LogP contribution in [0.5, 0.6) is 11.5 Å². The molecule has 5 heterocycles. The van der Waals surface area contributed by atoms with E-state index in [1.165, 1.54) is 56.9 Å². The van der Waals surface area contributed by atoms with Crippen molar-refractivity contribution in [1.29, 1.82) is 0 Å². The van der Waals surface area contributed by atoms with Crippen LogP contribution in [0, 0.1) is 0 Å². The molecule has 0 spiro atoms. The zero-order valence-electron chi connectivity index (χ0n) is 35.9. The number of ether oxygens (including phenoxy) is 2. The summed E-state index contributed by atoms with van der Waals surface area (Å²) in [5.74, 6) is 1.60. The average molecular weight is 773 g/mol. The molecule has 2 N–H and O–H groups in total. The van der Waals surface area contributed by atoms with Gasteiger partial charge in [-0.1, -0.05) is 58.3 Å². The Kier molecular flexibility index (Phi) is 14.5. The lowest BCUT2D eigenvalue weighted by Gasteiger charge is -2.24. The van der Waals surface area contributed by atoms with Crippen LogP contribution in [-0.2, 0) is 6.42 Å². The van der Waals surface area contributed by atoms with E-state index in [0.717, 1.165) is 115 Å². The number of hydrogen-bond acceptors (Lipinski definition) is 4. The SMILES string of the molecule is CCCCCCCCCCCc1c2nc(cc3ccc([nH]3)c(-c3cc(OCCC[N+](C)(C)C)cc(OCCC[N+](C)(C)C)c3)c3nc(cc4ccc1[nH]4)C=C3)C=C2. The van der Waals surface area contributed by atoms with Crippen LogP contribution in [0.4, 0.5) is 0 Å². The molecule has 0 radical (unpaired) electrons. The number of quaternary nitrogens is 2. The van der Waals surface area contributed by atoms with Crippen molar-refractivity contribution in [2.45, 2.75) is 84.0 Å². The van der Waals surface area contributed by atoms with Gasteiger partial charge in [-0.05, 0) is 91.2 Å². The number of H-pyrrole nitrogens is 2. The minimum Gasteiger partial charge on any atom is -0.493 e. The Labute approximate surface area is 341 Å². The average Bonchev–Trinajstić information content (AvgIpc) is 3.99. The number of aryl methyl sites for hydroxylation is 1. The molecule has 0 saturated carbocycles. The van der Waals surface area contributed by atoms with E-state index in [-0.39, 0.29) is 0 Å². The van der Waals surface area contributed by atoms with Crippen molar-refractivity contribution < 1.29 is 18.4 Å². The third-order valence-corrected chi connectivity index (χ3v) is 10.7. The molecule has 0 atom stereocenters. The summed E-state index contributed by atoms with van der Waals surface area (Å²) in [7, 11) is 13.3. The minimum atomic E-state index is 0.635. The fraction of sp³-hybridized carbons (Fsp3) is 0.469. The third-order valence-electron chi connectivity index (χ3n) is 10.7. The third kappa shape index (κ3) is 12.9. The smallest absolute Gasteiger partial charge is 0.123 e. The maximum atomic E-state index is 6.44. The number of unbranched alkanes of at least 4 members (excludes halogenated alkanes) is 8. The van der Waals surface area contributed by atoms with E-state index in [1.807, 2.05) is 6.07 Å². The molecular weight excluding hydrogens is 705 g/mol. The molecule has 0 amide bonds. The fourth-order valence-electron chi connectivity index (χ4n) is 7.65. The zero-order chi connectivity index (χ0) is 40.3. The van der Waals surface area contributed by atoms with Crippen LogP contribution >= 0.6 is 0 Å². The van der Waals surface area contributed by atoms with Crippen LogP contribution in [0.3, 0.4) is 0 Å². The molecular formula is C49H68N6O2+2. The van der Waals surface area contributed by atoms with Gasteiger partial charge in [-0.3, -0.25) is 0 Å². The Bertz CT molecular complexity index is 2120. The molecule has 0 fully saturated rings. The largest absolute Gasteiger partial charge is 0.493 e. The first-order chi connectivity index (χ1) is 27.4. The Morgan fingerprint density at radius 1 is 0.526 bits per heavy atom.